The molecule has 1 unspecified atom stereocenters. The van der Waals surface area contributed by atoms with E-state index in [1.807, 2.05) is 0 Å². The first-order valence-corrected chi connectivity index (χ1v) is 9.10. The van der Waals surface area contributed by atoms with Crippen LogP contribution in [0.5, 0.6) is 5.88 Å². The van der Waals surface area contributed by atoms with E-state index in [-0.39, 0.29) is 24.0 Å². The highest BCUT2D eigenvalue weighted by Crippen LogP contribution is 2.30. The monoisotopic (exact) mass is 412 g/mol. The summed E-state index contributed by atoms with van der Waals surface area (Å²) in [6.45, 7) is 0. The van der Waals surface area contributed by atoms with Crippen LogP contribution >= 0.6 is 0 Å². The maximum absolute atomic E-state index is 11.8. The molecule has 2 N–H and O–H groups in total. The number of nitrogens with zero attached hydrogens (tertiary/aromatic N) is 3. The predicted octanol–water partition coefficient (Wildman–Crippen LogP) is 3.65. The van der Waals surface area contributed by atoms with Gasteiger partial charge in [0, 0.05) is 12.6 Å². The van der Waals surface area contributed by atoms with Crippen LogP contribution in [0.25, 0.3) is 11.3 Å². The van der Waals surface area contributed by atoms with Gasteiger partial charge in [-0.25, -0.2) is 19.7 Å². The Kier molecular flexibility index (Phi) is 6.93. The first kappa shape index (κ1) is 20.8. The fourth-order valence-electron chi connectivity index (χ4n) is 2.72. The van der Waals surface area contributed by atoms with Gasteiger partial charge in [-0.05, 0) is 25.0 Å². The molecule has 0 aliphatic heterocycles. The topological polar surface area (TPSA) is 141 Å². The molecule has 0 saturated heterocycles. The molecule has 0 radical (unpaired) electrons. The Morgan fingerprint density at radius 3 is 2.87 bits per heavy atom. The molecule has 0 fully saturated rings. The van der Waals surface area contributed by atoms with Crippen LogP contribution in [0, 0.1) is 0 Å². The Morgan fingerprint density at radius 2 is 2.13 bits per heavy atom. The maximum Gasteiger partial charge on any atom is 0.405 e. The fourth-order valence-corrected chi connectivity index (χ4v) is 2.72. The van der Waals surface area contributed by atoms with E-state index in [1.54, 1.807) is 30.5 Å². The first-order chi connectivity index (χ1) is 14.6. The number of allylic oxidation sites excluding steroid dienone is 1. The number of hydrogen-bond acceptors (Lipinski definition) is 8. The van der Waals surface area contributed by atoms with Crippen molar-refractivity contribution in [3.63, 3.8) is 0 Å². The molecule has 0 aliphatic rings. The minimum absolute atomic E-state index is 0.0759. The number of carbonyl (C=O) groups excluding carboxylic acids is 1. The van der Waals surface area contributed by atoms with Crippen molar-refractivity contribution in [3.8, 4) is 17.2 Å². The van der Waals surface area contributed by atoms with Gasteiger partial charge in [0.1, 0.15) is 12.3 Å². The molecule has 1 atom stereocenters. The molecular weight excluding hydrogens is 392 g/mol. The lowest BCUT2D eigenvalue weighted by atomic mass is 10.1. The Balaban J connectivity index is 1.64. The van der Waals surface area contributed by atoms with E-state index < -0.39 is 12.1 Å². The van der Waals surface area contributed by atoms with E-state index in [0.29, 0.717) is 30.0 Å². The molecule has 156 valence electrons. The molecule has 3 aromatic heterocycles. The third-order valence-corrected chi connectivity index (χ3v) is 4.10. The van der Waals surface area contributed by atoms with Crippen LogP contribution in [0.15, 0.2) is 58.0 Å². The maximum atomic E-state index is 11.8. The molecule has 0 spiro atoms. The third-order valence-electron chi connectivity index (χ3n) is 4.10. The van der Waals surface area contributed by atoms with Crippen molar-refractivity contribution < 1.29 is 28.3 Å². The number of pyridine rings is 1. The standard InChI is InChI=1S/C20H20N4O6/c1-28-17-13(6-5-9-21-17)16-12-23-18(30-16)14(24-20(26)27)7-3-2-4-8-15(25)19-22-10-11-29-19/h2-3,5-6,9-12,14,24H,4,7-8H2,1H3,(H,26,27)/b3-2+. The van der Waals surface area contributed by atoms with Gasteiger partial charge in [0.15, 0.2) is 5.76 Å². The second kappa shape index (κ2) is 10.0. The average molecular weight is 412 g/mol. The van der Waals surface area contributed by atoms with Gasteiger partial charge in [-0.15, -0.1) is 0 Å². The van der Waals surface area contributed by atoms with E-state index in [1.165, 1.54) is 25.8 Å². The normalized spacial score (nSPS) is 12.0. The van der Waals surface area contributed by atoms with Crippen LogP contribution < -0.4 is 10.1 Å². The number of methoxy groups -OCH3 is 1. The van der Waals surface area contributed by atoms with Gasteiger partial charge in [0.25, 0.3) is 5.89 Å². The van der Waals surface area contributed by atoms with E-state index >= 15 is 0 Å². The van der Waals surface area contributed by atoms with Crippen molar-refractivity contribution in [2.24, 2.45) is 0 Å². The summed E-state index contributed by atoms with van der Waals surface area (Å²) in [4.78, 5) is 35.1. The van der Waals surface area contributed by atoms with Gasteiger partial charge >= 0.3 is 6.09 Å². The van der Waals surface area contributed by atoms with Crippen LogP contribution in [-0.2, 0) is 0 Å². The highest BCUT2D eigenvalue weighted by Gasteiger charge is 2.20. The minimum atomic E-state index is -1.20. The number of ketones is 1. The fraction of sp³-hybridized carbons (Fsp3) is 0.250. The molecule has 3 aromatic rings. The number of carboxylic acid groups (broad SMARTS) is 1. The van der Waals surface area contributed by atoms with Crippen molar-refractivity contribution >= 4 is 11.9 Å². The van der Waals surface area contributed by atoms with Crippen LogP contribution in [0.4, 0.5) is 4.79 Å². The molecule has 3 rings (SSSR count). The summed E-state index contributed by atoms with van der Waals surface area (Å²) in [5.74, 6) is 0.865. The Hall–Kier alpha value is -3.95. The van der Waals surface area contributed by atoms with Gasteiger partial charge in [-0.2, -0.15) is 0 Å². The molecule has 0 bridgehead atoms. The number of hydrogen-bond donors (Lipinski definition) is 2. The molecule has 30 heavy (non-hydrogen) atoms. The summed E-state index contributed by atoms with van der Waals surface area (Å²) in [5.41, 5.74) is 0.605. The Bertz CT molecular complexity index is 1010. The van der Waals surface area contributed by atoms with Gasteiger partial charge in [0.05, 0.1) is 25.1 Å². The predicted molar refractivity (Wildman–Crippen MR) is 104 cm³/mol. The lowest BCUT2D eigenvalue weighted by Gasteiger charge is -2.11. The van der Waals surface area contributed by atoms with Crippen LogP contribution in [0.1, 0.15) is 41.9 Å². The second-order valence-corrected chi connectivity index (χ2v) is 6.13. The number of aromatic nitrogens is 3. The van der Waals surface area contributed by atoms with Gasteiger partial charge < -0.3 is 24.0 Å². The summed E-state index contributed by atoms with van der Waals surface area (Å²) in [5, 5.41) is 11.5. The zero-order valence-corrected chi connectivity index (χ0v) is 16.1. The molecule has 0 saturated carbocycles. The molecule has 1 amide bonds. The molecule has 10 nitrogen and oxygen atoms in total. The Labute approximate surface area is 171 Å². The summed E-state index contributed by atoms with van der Waals surface area (Å²) >= 11 is 0. The van der Waals surface area contributed by atoms with Crippen LogP contribution in [-0.4, -0.2) is 39.0 Å². The summed E-state index contributed by atoms with van der Waals surface area (Å²) in [6, 6.07) is 2.80. The number of rotatable bonds is 10. The second-order valence-electron chi connectivity index (χ2n) is 6.13. The molecule has 3 heterocycles. The van der Waals surface area contributed by atoms with Crippen molar-refractivity contribution in [3.05, 3.63) is 60.9 Å². The van der Waals surface area contributed by atoms with E-state index in [2.05, 4.69) is 20.3 Å². The van der Waals surface area contributed by atoms with Crippen molar-refractivity contribution in [2.45, 2.75) is 25.3 Å². The number of ether oxygens (including phenoxy) is 1. The number of oxazole rings is 2. The first-order valence-electron chi connectivity index (χ1n) is 9.10. The van der Waals surface area contributed by atoms with Crippen LogP contribution in [0.3, 0.4) is 0 Å². The summed E-state index contributed by atoms with van der Waals surface area (Å²) in [6.07, 6.45) is 9.17. The SMILES string of the molecule is COc1ncccc1-c1cnc(C(C/C=C/CCC(=O)c2ncco2)NC(=O)O)o1. The largest absolute Gasteiger partial charge is 0.480 e. The van der Waals surface area contributed by atoms with Gasteiger partial charge in [0.2, 0.25) is 17.6 Å². The van der Waals surface area contributed by atoms with E-state index in [4.69, 9.17) is 18.7 Å². The lowest BCUT2D eigenvalue weighted by Crippen LogP contribution is -2.26. The summed E-state index contributed by atoms with van der Waals surface area (Å²) in [7, 11) is 1.50. The van der Waals surface area contributed by atoms with Gasteiger partial charge in [-0.3, -0.25) is 4.79 Å². The van der Waals surface area contributed by atoms with E-state index in [0.717, 1.165) is 0 Å². The Morgan fingerprint density at radius 1 is 1.27 bits per heavy atom. The molecule has 10 heteroatoms. The number of amides is 1. The van der Waals surface area contributed by atoms with Crippen molar-refractivity contribution in [1.82, 2.24) is 20.3 Å². The highest BCUT2D eigenvalue weighted by molar-refractivity contribution is 5.91. The summed E-state index contributed by atoms with van der Waals surface area (Å²) < 4.78 is 15.9. The van der Waals surface area contributed by atoms with Gasteiger partial charge in [-0.1, -0.05) is 12.2 Å². The lowest BCUT2D eigenvalue weighted by molar-refractivity contribution is 0.0950. The number of carbonyl (C=O) groups is 2. The zero-order chi connectivity index (χ0) is 21.3. The van der Waals surface area contributed by atoms with E-state index in [9.17, 15) is 9.59 Å². The quantitative estimate of drug-likeness (QED) is 0.377. The number of Topliss-reactive ketones (excluding diaryl/α,β-unsaturated/α-hetero) is 1. The number of nitrogens with one attached hydrogen (secondary N) is 1. The van der Waals surface area contributed by atoms with Crippen LogP contribution in [0.2, 0.25) is 0 Å². The third kappa shape index (κ3) is 5.31. The van der Waals surface area contributed by atoms with Crippen molar-refractivity contribution in [1.29, 1.82) is 0 Å². The molecule has 0 aliphatic carbocycles. The minimum Gasteiger partial charge on any atom is -0.480 e. The zero-order valence-electron chi connectivity index (χ0n) is 16.1. The highest BCUT2D eigenvalue weighted by atomic mass is 16.5. The average Bonchev–Trinajstić information content (AvgIpc) is 3.44. The molecule has 0 aromatic carbocycles. The molecular formula is C20H20N4O6. The van der Waals surface area contributed by atoms with Crippen molar-refractivity contribution in [2.75, 3.05) is 7.11 Å². The smallest absolute Gasteiger partial charge is 0.405 e.